The number of aryl methyl sites for hydroxylation is 1. The summed E-state index contributed by atoms with van der Waals surface area (Å²) in [6, 6.07) is 14.5. The van der Waals surface area contributed by atoms with Gasteiger partial charge in [-0.05, 0) is 31.2 Å². The number of carbonyl (C=O) groups is 1. The molecular formula is C17H19N3O3. The van der Waals surface area contributed by atoms with Crippen LogP contribution in [0.5, 0.6) is 11.5 Å². The maximum atomic E-state index is 10.6. The molecule has 0 spiro atoms. The lowest BCUT2D eigenvalue weighted by Gasteiger charge is -2.10. The number of hydrogen-bond donors (Lipinski definition) is 2. The summed E-state index contributed by atoms with van der Waals surface area (Å²) >= 11 is 0. The molecule has 0 unspecified atom stereocenters. The molecule has 3 N–H and O–H groups in total. The third kappa shape index (κ3) is 5.70. The lowest BCUT2D eigenvalue weighted by atomic mass is 10.2. The lowest BCUT2D eigenvalue weighted by molar-refractivity contribution is 0.217. The molecule has 0 fully saturated rings. The summed E-state index contributed by atoms with van der Waals surface area (Å²) in [4.78, 5) is 10.6. The van der Waals surface area contributed by atoms with Crippen molar-refractivity contribution in [2.24, 2.45) is 10.8 Å². The first-order valence-corrected chi connectivity index (χ1v) is 7.15. The number of amides is 2. The minimum Gasteiger partial charge on any atom is -0.490 e. The quantitative estimate of drug-likeness (QED) is 0.468. The van der Waals surface area contributed by atoms with E-state index in [-0.39, 0.29) is 0 Å². The molecule has 0 saturated heterocycles. The number of hydrogen-bond acceptors (Lipinski definition) is 4. The van der Waals surface area contributed by atoms with Crippen LogP contribution >= 0.6 is 0 Å². The number of nitrogens with two attached hydrogens (primary N) is 1. The Morgan fingerprint density at radius 2 is 1.83 bits per heavy atom. The SMILES string of the molecule is Cc1ccc(OCCOc2ccccc2/C=N/NC(N)=O)cc1. The number of para-hydroxylation sites is 1. The van der Waals surface area contributed by atoms with Crippen molar-refractivity contribution < 1.29 is 14.3 Å². The average Bonchev–Trinajstić information content (AvgIpc) is 2.54. The van der Waals surface area contributed by atoms with Crippen LogP contribution in [0, 0.1) is 6.92 Å². The van der Waals surface area contributed by atoms with E-state index in [2.05, 4.69) is 10.5 Å². The number of hydrazone groups is 1. The first-order valence-electron chi connectivity index (χ1n) is 7.15. The van der Waals surface area contributed by atoms with Gasteiger partial charge in [-0.15, -0.1) is 0 Å². The van der Waals surface area contributed by atoms with Crippen molar-refractivity contribution in [2.75, 3.05) is 13.2 Å². The highest BCUT2D eigenvalue weighted by atomic mass is 16.5. The van der Waals surface area contributed by atoms with E-state index in [4.69, 9.17) is 15.2 Å². The van der Waals surface area contributed by atoms with Crippen molar-refractivity contribution in [1.82, 2.24) is 5.43 Å². The van der Waals surface area contributed by atoms with Gasteiger partial charge >= 0.3 is 6.03 Å². The minimum atomic E-state index is -0.717. The third-order valence-corrected chi connectivity index (χ3v) is 2.93. The third-order valence-electron chi connectivity index (χ3n) is 2.93. The van der Waals surface area contributed by atoms with Gasteiger partial charge in [0.2, 0.25) is 0 Å². The fourth-order valence-electron chi connectivity index (χ4n) is 1.83. The Kier molecular flexibility index (Phi) is 5.99. The standard InChI is InChI=1S/C17H19N3O3/c1-13-6-8-15(9-7-13)22-10-11-23-16-5-3-2-4-14(16)12-19-20-17(18)21/h2-9,12H,10-11H2,1H3,(H3,18,20,21)/b19-12+. The first-order chi connectivity index (χ1) is 11.1. The molecule has 0 aliphatic rings. The molecule has 0 atom stereocenters. The Bertz CT molecular complexity index is 669. The van der Waals surface area contributed by atoms with Crippen LogP contribution < -0.4 is 20.6 Å². The van der Waals surface area contributed by atoms with Crippen molar-refractivity contribution >= 4 is 12.2 Å². The molecule has 2 aromatic carbocycles. The number of benzene rings is 2. The normalized spacial score (nSPS) is 10.5. The molecule has 2 amide bonds. The zero-order valence-electron chi connectivity index (χ0n) is 12.9. The Morgan fingerprint density at radius 3 is 2.57 bits per heavy atom. The number of ether oxygens (including phenoxy) is 2. The van der Waals surface area contributed by atoms with E-state index in [0.29, 0.717) is 19.0 Å². The van der Waals surface area contributed by atoms with Gasteiger partial charge in [0, 0.05) is 5.56 Å². The largest absolute Gasteiger partial charge is 0.490 e. The monoisotopic (exact) mass is 313 g/mol. The summed E-state index contributed by atoms with van der Waals surface area (Å²) in [7, 11) is 0. The number of carbonyl (C=O) groups excluding carboxylic acids is 1. The molecule has 0 radical (unpaired) electrons. The minimum absolute atomic E-state index is 0.391. The Morgan fingerprint density at radius 1 is 1.13 bits per heavy atom. The van der Waals surface area contributed by atoms with Gasteiger partial charge in [0.1, 0.15) is 24.7 Å². The fourth-order valence-corrected chi connectivity index (χ4v) is 1.83. The fraction of sp³-hybridized carbons (Fsp3) is 0.176. The molecule has 2 rings (SSSR count). The van der Waals surface area contributed by atoms with Crippen molar-refractivity contribution in [3.8, 4) is 11.5 Å². The van der Waals surface area contributed by atoms with Crippen LogP contribution in [0.15, 0.2) is 53.6 Å². The molecule has 0 heterocycles. The number of rotatable bonds is 7. The van der Waals surface area contributed by atoms with E-state index in [1.165, 1.54) is 11.8 Å². The van der Waals surface area contributed by atoms with Crippen molar-refractivity contribution in [2.45, 2.75) is 6.92 Å². The van der Waals surface area contributed by atoms with Crippen LogP contribution in [0.1, 0.15) is 11.1 Å². The van der Waals surface area contributed by atoms with E-state index in [0.717, 1.165) is 11.3 Å². The first kappa shape index (κ1) is 16.4. The number of nitrogens with one attached hydrogen (secondary N) is 1. The van der Waals surface area contributed by atoms with E-state index in [9.17, 15) is 4.79 Å². The zero-order valence-corrected chi connectivity index (χ0v) is 12.9. The molecular weight excluding hydrogens is 294 g/mol. The van der Waals surface area contributed by atoms with Gasteiger partial charge in [0.25, 0.3) is 0 Å². The van der Waals surface area contributed by atoms with Crippen LogP contribution in [0.25, 0.3) is 0 Å². The predicted octanol–water partition coefficient (Wildman–Crippen LogP) is 2.46. The zero-order chi connectivity index (χ0) is 16.5. The van der Waals surface area contributed by atoms with Crippen LogP contribution in [-0.4, -0.2) is 25.5 Å². The van der Waals surface area contributed by atoms with Crippen molar-refractivity contribution in [3.63, 3.8) is 0 Å². The summed E-state index contributed by atoms with van der Waals surface area (Å²) in [5.41, 5.74) is 9.01. The summed E-state index contributed by atoms with van der Waals surface area (Å²) in [5, 5.41) is 3.73. The summed E-state index contributed by atoms with van der Waals surface area (Å²) in [6.45, 7) is 2.84. The van der Waals surface area contributed by atoms with Gasteiger partial charge in [-0.2, -0.15) is 5.10 Å². The Labute approximate surface area is 134 Å². The molecule has 6 nitrogen and oxygen atoms in total. The maximum absolute atomic E-state index is 10.6. The van der Waals surface area contributed by atoms with Gasteiger partial charge in [-0.25, -0.2) is 10.2 Å². The predicted molar refractivity (Wildman–Crippen MR) is 88.9 cm³/mol. The van der Waals surface area contributed by atoms with E-state index >= 15 is 0 Å². The highest BCUT2D eigenvalue weighted by Gasteiger charge is 2.01. The number of primary amides is 1. The van der Waals surface area contributed by atoms with E-state index in [1.807, 2.05) is 55.5 Å². The second kappa shape index (κ2) is 8.43. The van der Waals surface area contributed by atoms with E-state index in [1.54, 1.807) is 0 Å². The highest BCUT2D eigenvalue weighted by Crippen LogP contribution is 2.16. The van der Waals surface area contributed by atoms with Crippen LogP contribution in [0.3, 0.4) is 0 Å². The summed E-state index contributed by atoms with van der Waals surface area (Å²) in [6.07, 6.45) is 1.47. The Hall–Kier alpha value is -3.02. The van der Waals surface area contributed by atoms with E-state index < -0.39 is 6.03 Å². The molecule has 0 saturated carbocycles. The van der Waals surface area contributed by atoms with Crippen LogP contribution in [0.4, 0.5) is 4.79 Å². The lowest BCUT2D eigenvalue weighted by Crippen LogP contribution is -2.24. The summed E-state index contributed by atoms with van der Waals surface area (Å²) < 4.78 is 11.3. The molecule has 23 heavy (non-hydrogen) atoms. The Balaban J connectivity index is 1.84. The molecule has 0 bridgehead atoms. The van der Waals surface area contributed by atoms with Crippen LogP contribution in [0.2, 0.25) is 0 Å². The van der Waals surface area contributed by atoms with Crippen molar-refractivity contribution in [1.29, 1.82) is 0 Å². The average molecular weight is 313 g/mol. The molecule has 120 valence electrons. The number of urea groups is 1. The van der Waals surface area contributed by atoms with Gasteiger partial charge in [-0.3, -0.25) is 0 Å². The van der Waals surface area contributed by atoms with Gasteiger partial charge in [0.15, 0.2) is 0 Å². The molecule has 0 aliphatic heterocycles. The molecule has 0 aromatic heterocycles. The molecule has 0 aliphatic carbocycles. The van der Waals surface area contributed by atoms with Gasteiger partial charge < -0.3 is 15.2 Å². The highest BCUT2D eigenvalue weighted by molar-refractivity contribution is 5.84. The van der Waals surface area contributed by atoms with Gasteiger partial charge in [0.05, 0.1) is 6.21 Å². The molecule has 6 heteroatoms. The second-order valence-electron chi connectivity index (χ2n) is 4.78. The van der Waals surface area contributed by atoms with Crippen molar-refractivity contribution in [3.05, 3.63) is 59.7 Å². The molecule has 2 aromatic rings. The summed E-state index contributed by atoms with van der Waals surface area (Å²) in [5.74, 6) is 1.45. The smallest absolute Gasteiger partial charge is 0.332 e. The number of nitrogens with zero attached hydrogens (tertiary/aromatic N) is 1. The topological polar surface area (TPSA) is 85.9 Å². The second-order valence-corrected chi connectivity index (χ2v) is 4.78. The van der Waals surface area contributed by atoms with Crippen LogP contribution in [-0.2, 0) is 0 Å². The van der Waals surface area contributed by atoms with Gasteiger partial charge in [-0.1, -0.05) is 29.8 Å². The maximum Gasteiger partial charge on any atom is 0.332 e.